The number of thioether (sulfide) groups is 1. The second-order valence-electron chi connectivity index (χ2n) is 7.45. The van der Waals surface area contributed by atoms with Crippen molar-refractivity contribution in [1.29, 1.82) is 0 Å². The Labute approximate surface area is 184 Å². The molecule has 166 valence electrons. The fourth-order valence-corrected chi connectivity index (χ4v) is 4.45. The molecule has 9 nitrogen and oxygen atoms in total. The van der Waals surface area contributed by atoms with E-state index in [1.807, 2.05) is 31.4 Å². The summed E-state index contributed by atoms with van der Waals surface area (Å²) in [7, 11) is 0. The Morgan fingerprint density at radius 2 is 2.03 bits per heavy atom. The number of carbonyl (C=O) groups excluding carboxylic acids is 4. The van der Waals surface area contributed by atoms with Crippen molar-refractivity contribution in [1.82, 2.24) is 20.9 Å². The van der Waals surface area contributed by atoms with Crippen molar-refractivity contribution in [2.75, 3.05) is 18.6 Å². The quantitative estimate of drug-likeness (QED) is 0.425. The van der Waals surface area contributed by atoms with Crippen molar-refractivity contribution >= 4 is 46.9 Å². The summed E-state index contributed by atoms with van der Waals surface area (Å²) in [6, 6.07) is 1.33. The molecule has 1 fully saturated rings. The maximum atomic E-state index is 13.0. The highest BCUT2D eigenvalue weighted by atomic mass is 32.2. The van der Waals surface area contributed by atoms with Crippen LogP contribution in [0.3, 0.4) is 0 Å². The Kier molecular flexibility index (Phi) is 8.97. The molecule has 2 rings (SSSR count). The molecule has 5 amide bonds. The molecule has 5 N–H and O–H groups in total. The average molecular weight is 456 g/mol. The van der Waals surface area contributed by atoms with Gasteiger partial charge in [-0.2, -0.15) is 11.8 Å². The number of nitrogens with two attached hydrogens (primary N) is 1. The number of likely N-dealkylation sites (tertiary alicyclic amines) is 1. The van der Waals surface area contributed by atoms with Crippen LogP contribution in [0.5, 0.6) is 0 Å². The summed E-state index contributed by atoms with van der Waals surface area (Å²) >= 11 is 2.83. The molecule has 1 aliphatic rings. The van der Waals surface area contributed by atoms with Crippen LogP contribution in [0.4, 0.5) is 4.79 Å². The first-order valence-corrected chi connectivity index (χ1v) is 12.0. The predicted molar refractivity (Wildman–Crippen MR) is 118 cm³/mol. The zero-order valence-corrected chi connectivity index (χ0v) is 19.0. The highest BCUT2D eigenvalue weighted by Gasteiger charge is 2.40. The third-order valence-corrected chi connectivity index (χ3v) is 6.03. The van der Waals surface area contributed by atoms with Crippen LogP contribution in [0.25, 0.3) is 0 Å². The van der Waals surface area contributed by atoms with Gasteiger partial charge < -0.3 is 26.6 Å². The topological polar surface area (TPSA) is 134 Å². The molecule has 2 heterocycles. The minimum atomic E-state index is -0.870. The third-order valence-electron chi connectivity index (χ3n) is 4.59. The normalized spacial score (nSPS) is 19.4. The third kappa shape index (κ3) is 6.91. The summed E-state index contributed by atoms with van der Waals surface area (Å²) in [4.78, 5) is 51.8. The largest absolute Gasteiger partial charge is 0.368 e. The van der Waals surface area contributed by atoms with Crippen LogP contribution in [0.2, 0.25) is 0 Å². The van der Waals surface area contributed by atoms with Gasteiger partial charge in [0, 0.05) is 23.9 Å². The van der Waals surface area contributed by atoms with E-state index in [2.05, 4.69) is 16.0 Å². The molecule has 0 radical (unpaired) electrons. The van der Waals surface area contributed by atoms with Gasteiger partial charge >= 0.3 is 6.03 Å². The van der Waals surface area contributed by atoms with Crippen LogP contribution < -0.4 is 21.7 Å². The molecule has 11 heteroatoms. The van der Waals surface area contributed by atoms with Crippen LogP contribution in [-0.2, 0) is 20.8 Å². The van der Waals surface area contributed by atoms with E-state index in [1.165, 1.54) is 28.0 Å². The molecule has 3 atom stereocenters. The Bertz CT molecular complexity index is 756. The van der Waals surface area contributed by atoms with E-state index < -0.39 is 23.9 Å². The SMILES string of the molecule is CSCC(=O)N1C[C@@H](NC(=O)NC(C)C)C[C@H]1C(=O)N[C@@H](Cc1cccs1)C(N)=O. The Hall–Kier alpha value is -2.27. The lowest BCUT2D eigenvalue weighted by atomic mass is 10.1. The van der Waals surface area contributed by atoms with E-state index in [-0.39, 0.29) is 42.7 Å². The summed E-state index contributed by atoms with van der Waals surface area (Å²) < 4.78 is 0. The maximum Gasteiger partial charge on any atom is 0.315 e. The minimum Gasteiger partial charge on any atom is -0.368 e. The van der Waals surface area contributed by atoms with Gasteiger partial charge in [0.05, 0.1) is 11.8 Å². The monoisotopic (exact) mass is 455 g/mol. The summed E-state index contributed by atoms with van der Waals surface area (Å²) in [6.07, 6.45) is 2.36. The first-order valence-electron chi connectivity index (χ1n) is 9.68. The number of nitrogens with one attached hydrogen (secondary N) is 3. The van der Waals surface area contributed by atoms with E-state index in [4.69, 9.17) is 5.73 Å². The number of primary amides is 1. The fourth-order valence-electron chi connectivity index (χ4n) is 3.28. The number of carbonyl (C=O) groups is 4. The molecule has 1 aromatic heterocycles. The smallest absolute Gasteiger partial charge is 0.315 e. The van der Waals surface area contributed by atoms with Crippen LogP contribution in [-0.4, -0.2) is 71.4 Å². The van der Waals surface area contributed by atoms with Crippen LogP contribution in [0.1, 0.15) is 25.1 Å². The summed E-state index contributed by atoms with van der Waals surface area (Å²) in [5, 5.41) is 10.1. The van der Waals surface area contributed by atoms with Crippen molar-refractivity contribution in [3.63, 3.8) is 0 Å². The molecule has 0 bridgehead atoms. The number of hydrogen-bond donors (Lipinski definition) is 4. The molecule has 1 aliphatic heterocycles. The van der Waals surface area contributed by atoms with Crippen LogP contribution in [0.15, 0.2) is 17.5 Å². The van der Waals surface area contributed by atoms with E-state index in [1.54, 1.807) is 6.26 Å². The lowest BCUT2D eigenvalue weighted by Crippen LogP contribution is -2.53. The number of amides is 5. The standard InChI is InChI=1S/C19H29N5O4S2/c1-11(2)21-19(28)22-12-7-15(24(9-12)16(25)10-29-3)18(27)23-14(17(20)26)8-13-5-4-6-30-13/h4-6,11-12,14-15H,7-10H2,1-3H3,(H2,20,26)(H,23,27)(H2,21,22,28)/t12-,14-,15-/m0/s1. The lowest BCUT2D eigenvalue weighted by Gasteiger charge is -2.25. The summed E-state index contributed by atoms with van der Waals surface area (Å²) in [5.41, 5.74) is 5.48. The Morgan fingerprint density at radius 1 is 1.30 bits per heavy atom. The summed E-state index contributed by atoms with van der Waals surface area (Å²) in [6.45, 7) is 3.92. The number of hydrogen-bond acceptors (Lipinski definition) is 6. The highest BCUT2D eigenvalue weighted by Crippen LogP contribution is 2.20. The number of urea groups is 1. The van der Waals surface area contributed by atoms with Crippen molar-refractivity contribution in [3.05, 3.63) is 22.4 Å². The lowest BCUT2D eigenvalue weighted by molar-refractivity contribution is -0.137. The van der Waals surface area contributed by atoms with Gasteiger partial charge in [0.25, 0.3) is 0 Å². The number of nitrogens with zero attached hydrogens (tertiary/aromatic N) is 1. The second-order valence-corrected chi connectivity index (χ2v) is 9.35. The summed E-state index contributed by atoms with van der Waals surface area (Å²) in [5.74, 6) is -1.05. The Balaban J connectivity index is 2.08. The van der Waals surface area contributed by atoms with Gasteiger partial charge in [-0.3, -0.25) is 14.4 Å². The molecule has 0 aliphatic carbocycles. The van der Waals surface area contributed by atoms with Gasteiger partial charge in [-0.25, -0.2) is 4.79 Å². The molecule has 0 unspecified atom stereocenters. The first-order chi connectivity index (χ1) is 14.2. The van der Waals surface area contributed by atoms with E-state index in [9.17, 15) is 19.2 Å². The molecule has 0 aromatic carbocycles. The molecule has 0 spiro atoms. The van der Waals surface area contributed by atoms with Crippen molar-refractivity contribution < 1.29 is 19.2 Å². The van der Waals surface area contributed by atoms with Crippen molar-refractivity contribution in [2.24, 2.45) is 5.73 Å². The van der Waals surface area contributed by atoms with Gasteiger partial charge in [0.1, 0.15) is 12.1 Å². The predicted octanol–water partition coefficient (Wildman–Crippen LogP) is 0.301. The number of rotatable bonds is 9. The molecular formula is C19H29N5O4S2. The van der Waals surface area contributed by atoms with Crippen LogP contribution >= 0.6 is 23.1 Å². The van der Waals surface area contributed by atoms with E-state index in [0.29, 0.717) is 6.42 Å². The average Bonchev–Trinajstić information content (AvgIpc) is 3.30. The fraction of sp³-hybridized carbons (Fsp3) is 0.579. The molecule has 1 saturated heterocycles. The van der Waals surface area contributed by atoms with Crippen molar-refractivity contribution in [3.8, 4) is 0 Å². The van der Waals surface area contributed by atoms with Crippen molar-refractivity contribution in [2.45, 2.75) is 50.9 Å². The second kappa shape index (κ2) is 11.2. The zero-order valence-electron chi connectivity index (χ0n) is 17.3. The minimum absolute atomic E-state index is 0.0340. The van der Waals surface area contributed by atoms with E-state index >= 15 is 0 Å². The highest BCUT2D eigenvalue weighted by molar-refractivity contribution is 7.99. The van der Waals surface area contributed by atoms with Crippen LogP contribution in [0, 0.1) is 0 Å². The number of thiophene rings is 1. The van der Waals surface area contributed by atoms with Gasteiger partial charge in [-0.1, -0.05) is 6.07 Å². The molecule has 0 saturated carbocycles. The molecule has 30 heavy (non-hydrogen) atoms. The first kappa shape index (κ1) is 24.0. The van der Waals surface area contributed by atoms with Gasteiger partial charge in [-0.15, -0.1) is 11.3 Å². The van der Waals surface area contributed by atoms with Gasteiger partial charge in [-0.05, 0) is 38.0 Å². The maximum absolute atomic E-state index is 13.0. The zero-order chi connectivity index (χ0) is 22.3. The van der Waals surface area contributed by atoms with E-state index in [0.717, 1.165) is 4.88 Å². The molecule has 1 aromatic rings. The van der Waals surface area contributed by atoms with Gasteiger partial charge in [0.15, 0.2) is 0 Å². The molecular weight excluding hydrogens is 426 g/mol. The Morgan fingerprint density at radius 3 is 2.60 bits per heavy atom. The van der Waals surface area contributed by atoms with Gasteiger partial charge in [0.2, 0.25) is 17.7 Å².